The minimum atomic E-state index is -5.08. The molecule has 0 saturated carbocycles. The Morgan fingerprint density at radius 2 is 1.61 bits per heavy atom. The molecule has 0 spiro atoms. The number of carboxylic acids is 1. The van der Waals surface area contributed by atoms with Gasteiger partial charge in [0.1, 0.15) is 6.04 Å². The van der Waals surface area contributed by atoms with Crippen LogP contribution in [0.2, 0.25) is 0 Å². The molecule has 0 rings (SSSR count). The number of halogens is 3. The number of aliphatic carboxylic acids is 1. The Bertz CT molecular complexity index is 284. The largest absolute Gasteiger partial charge is 0.490 e. The summed E-state index contributed by atoms with van der Waals surface area (Å²) in [6.45, 7) is 6.11. The average Bonchev–Trinajstić information content (AvgIpc) is 2.13. The lowest BCUT2D eigenvalue weighted by molar-refractivity contribution is -0.192. The summed E-state index contributed by atoms with van der Waals surface area (Å²) in [4.78, 5) is 19.7. The van der Waals surface area contributed by atoms with Crippen LogP contribution in [0.1, 0.15) is 27.2 Å². The van der Waals surface area contributed by atoms with Crippen molar-refractivity contribution in [3.63, 3.8) is 0 Å². The van der Waals surface area contributed by atoms with Crippen molar-refractivity contribution >= 4 is 11.9 Å². The van der Waals surface area contributed by atoms with Crippen molar-refractivity contribution in [1.82, 2.24) is 0 Å². The van der Waals surface area contributed by atoms with Gasteiger partial charge in [-0.05, 0) is 11.8 Å². The smallest absolute Gasteiger partial charge is 0.475 e. The van der Waals surface area contributed by atoms with Crippen LogP contribution in [0.15, 0.2) is 0 Å². The number of hydrogen-bond acceptors (Lipinski definition) is 4. The van der Waals surface area contributed by atoms with E-state index in [4.69, 9.17) is 15.6 Å². The lowest BCUT2D eigenvalue weighted by atomic mass is 9.88. The van der Waals surface area contributed by atoms with Crippen LogP contribution in [-0.2, 0) is 14.3 Å². The summed E-state index contributed by atoms with van der Waals surface area (Å²) in [5, 5.41) is 7.12. The van der Waals surface area contributed by atoms with Crippen LogP contribution in [0.5, 0.6) is 0 Å². The lowest BCUT2D eigenvalue weighted by Gasteiger charge is -2.21. The Kier molecular flexibility index (Phi) is 7.61. The number of nitrogens with two attached hydrogens (primary N) is 1. The maximum absolute atomic E-state index is 10.8. The van der Waals surface area contributed by atoms with Gasteiger partial charge >= 0.3 is 18.1 Å². The Labute approximate surface area is 103 Å². The Balaban J connectivity index is 0. The number of methoxy groups -OCH3 is 1. The molecule has 0 aromatic rings. The van der Waals surface area contributed by atoms with Gasteiger partial charge in [0.25, 0.3) is 0 Å². The van der Waals surface area contributed by atoms with Crippen molar-refractivity contribution in [2.45, 2.75) is 39.4 Å². The van der Waals surface area contributed by atoms with Crippen LogP contribution in [-0.4, -0.2) is 36.4 Å². The molecule has 0 aliphatic rings. The maximum atomic E-state index is 10.8. The summed E-state index contributed by atoms with van der Waals surface area (Å²) < 4.78 is 36.2. The molecule has 5 nitrogen and oxygen atoms in total. The topological polar surface area (TPSA) is 89.6 Å². The summed E-state index contributed by atoms with van der Waals surface area (Å²) in [5.74, 6) is -3.09. The van der Waals surface area contributed by atoms with Gasteiger partial charge in [-0.3, -0.25) is 4.79 Å². The average molecular weight is 273 g/mol. The van der Waals surface area contributed by atoms with E-state index in [0.717, 1.165) is 0 Å². The van der Waals surface area contributed by atoms with Crippen LogP contribution in [0.3, 0.4) is 0 Å². The van der Waals surface area contributed by atoms with Crippen LogP contribution in [0, 0.1) is 5.41 Å². The summed E-state index contributed by atoms with van der Waals surface area (Å²) >= 11 is 0. The second-order valence-corrected chi connectivity index (χ2v) is 4.70. The summed E-state index contributed by atoms with van der Waals surface area (Å²) in [6.07, 6.45) is -4.43. The molecule has 0 aliphatic carbocycles. The predicted octanol–water partition coefficient (Wildman–Crippen LogP) is 1.56. The van der Waals surface area contributed by atoms with Crippen molar-refractivity contribution < 1.29 is 32.6 Å². The minimum absolute atomic E-state index is 0.0770. The first-order valence-electron chi connectivity index (χ1n) is 4.94. The van der Waals surface area contributed by atoms with Crippen molar-refractivity contribution in [3.8, 4) is 0 Å². The number of carboxylic acid groups (broad SMARTS) is 1. The summed E-state index contributed by atoms with van der Waals surface area (Å²) in [7, 11) is 1.35. The lowest BCUT2D eigenvalue weighted by Crippen LogP contribution is -2.35. The molecule has 18 heavy (non-hydrogen) atoms. The van der Waals surface area contributed by atoms with Gasteiger partial charge < -0.3 is 15.6 Å². The molecule has 0 aliphatic heterocycles. The van der Waals surface area contributed by atoms with Crippen LogP contribution in [0.25, 0.3) is 0 Å². The first-order chi connectivity index (χ1) is 7.81. The highest BCUT2D eigenvalue weighted by atomic mass is 19.4. The molecule has 0 heterocycles. The quantitative estimate of drug-likeness (QED) is 0.745. The second-order valence-electron chi connectivity index (χ2n) is 4.70. The molecule has 0 bridgehead atoms. The SMILES string of the molecule is COC(=O)C(N)CC(C)(C)C.O=C(O)C(F)(F)F. The number of alkyl halides is 3. The molecule has 0 fully saturated rings. The molecule has 0 aromatic heterocycles. The van der Waals surface area contributed by atoms with Crippen LogP contribution in [0.4, 0.5) is 13.2 Å². The van der Waals surface area contributed by atoms with Crippen LogP contribution >= 0.6 is 0 Å². The third-order valence-electron chi connectivity index (χ3n) is 1.58. The number of esters is 1. The van der Waals surface area contributed by atoms with Crippen molar-refractivity contribution in [2.75, 3.05) is 7.11 Å². The second kappa shape index (κ2) is 7.20. The van der Waals surface area contributed by atoms with Gasteiger partial charge in [-0.25, -0.2) is 4.79 Å². The number of ether oxygens (including phenoxy) is 1. The van der Waals surface area contributed by atoms with E-state index in [2.05, 4.69) is 4.74 Å². The van der Waals surface area contributed by atoms with E-state index in [1.165, 1.54) is 7.11 Å². The monoisotopic (exact) mass is 273 g/mol. The molecular weight excluding hydrogens is 255 g/mol. The standard InChI is InChI=1S/C8H17NO2.C2HF3O2/c1-8(2,3)5-6(9)7(10)11-4;3-2(4,5)1(6)7/h6H,5,9H2,1-4H3;(H,6,7). The van der Waals surface area contributed by atoms with Gasteiger partial charge in [0.15, 0.2) is 0 Å². The van der Waals surface area contributed by atoms with E-state index in [-0.39, 0.29) is 11.4 Å². The number of hydrogen-bond donors (Lipinski definition) is 2. The molecule has 1 unspecified atom stereocenters. The fourth-order valence-electron chi connectivity index (χ4n) is 0.894. The highest BCUT2D eigenvalue weighted by Crippen LogP contribution is 2.20. The molecule has 0 radical (unpaired) electrons. The van der Waals surface area contributed by atoms with Crippen molar-refractivity contribution in [1.29, 1.82) is 0 Å². The third-order valence-corrected chi connectivity index (χ3v) is 1.58. The highest BCUT2D eigenvalue weighted by molar-refractivity contribution is 5.75. The first kappa shape index (κ1) is 19.0. The zero-order valence-corrected chi connectivity index (χ0v) is 10.7. The summed E-state index contributed by atoms with van der Waals surface area (Å²) in [6, 6.07) is -0.486. The third kappa shape index (κ3) is 11.2. The molecule has 1 atom stereocenters. The Morgan fingerprint density at radius 3 is 1.78 bits per heavy atom. The zero-order chi connectivity index (χ0) is 15.1. The highest BCUT2D eigenvalue weighted by Gasteiger charge is 2.38. The minimum Gasteiger partial charge on any atom is -0.475 e. The first-order valence-corrected chi connectivity index (χ1v) is 4.94. The molecule has 0 amide bonds. The fraction of sp³-hybridized carbons (Fsp3) is 0.800. The van der Waals surface area contributed by atoms with Crippen molar-refractivity contribution in [3.05, 3.63) is 0 Å². The van der Waals surface area contributed by atoms with Gasteiger partial charge in [-0.1, -0.05) is 20.8 Å². The number of carbonyl (C=O) groups is 2. The van der Waals surface area contributed by atoms with E-state index in [1.54, 1.807) is 0 Å². The van der Waals surface area contributed by atoms with Crippen molar-refractivity contribution in [2.24, 2.45) is 11.1 Å². The number of rotatable bonds is 2. The van der Waals surface area contributed by atoms with Gasteiger partial charge in [-0.15, -0.1) is 0 Å². The van der Waals surface area contributed by atoms with Crippen LogP contribution < -0.4 is 5.73 Å². The van der Waals surface area contributed by atoms with Gasteiger partial charge in [-0.2, -0.15) is 13.2 Å². The molecule has 0 aromatic carbocycles. The zero-order valence-electron chi connectivity index (χ0n) is 10.7. The van der Waals surface area contributed by atoms with E-state index >= 15 is 0 Å². The Morgan fingerprint density at radius 1 is 1.28 bits per heavy atom. The van der Waals surface area contributed by atoms with E-state index < -0.39 is 18.2 Å². The molecule has 8 heteroatoms. The fourth-order valence-corrected chi connectivity index (χ4v) is 0.894. The maximum Gasteiger partial charge on any atom is 0.490 e. The predicted molar refractivity (Wildman–Crippen MR) is 57.8 cm³/mol. The van der Waals surface area contributed by atoms with Gasteiger partial charge in [0.2, 0.25) is 0 Å². The number of carbonyl (C=O) groups excluding carboxylic acids is 1. The van der Waals surface area contributed by atoms with E-state index in [0.29, 0.717) is 6.42 Å². The normalized spacial score (nSPS) is 13.1. The molecule has 0 saturated heterocycles. The Hall–Kier alpha value is -1.31. The summed E-state index contributed by atoms with van der Waals surface area (Å²) in [5.41, 5.74) is 5.62. The molecule has 108 valence electrons. The van der Waals surface area contributed by atoms with E-state index in [9.17, 15) is 18.0 Å². The molecule has 3 N–H and O–H groups in total. The van der Waals surface area contributed by atoms with Gasteiger partial charge in [0, 0.05) is 0 Å². The van der Waals surface area contributed by atoms with E-state index in [1.807, 2.05) is 20.8 Å². The molecular formula is C10H18F3NO4. The van der Waals surface area contributed by atoms with Gasteiger partial charge in [0.05, 0.1) is 7.11 Å².